The molecule has 0 N–H and O–H groups in total. The number of hydrogen-bond acceptors (Lipinski definition) is 4. The Labute approximate surface area is 178 Å². The zero-order valence-electron chi connectivity index (χ0n) is 16.7. The summed E-state index contributed by atoms with van der Waals surface area (Å²) in [5, 5.41) is 14.1. The summed E-state index contributed by atoms with van der Waals surface area (Å²) < 4.78 is 11.2. The summed E-state index contributed by atoms with van der Waals surface area (Å²) in [6.45, 7) is 2.02. The number of benzene rings is 1. The third kappa shape index (κ3) is 2.86. The lowest BCUT2D eigenvalue weighted by Crippen LogP contribution is -1.99. The topological polar surface area (TPSA) is 62.2 Å². The SMILES string of the molecule is COc1cc(-c2cnn(C)c2)cn2ncc(-c3cnn(-c4ccccc4Cl)c3C)c12. The smallest absolute Gasteiger partial charge is 0.145 e. The molecular formula is C22H19ClN6O. The fourth-order valence-corrected chi connectivity index (χ4v) is 3.92. The molecule has 0 bridgehead atoms. The molecule has 0 fully saturated rings. The van der Waals surface area contributed by atoms with Crippen LogP contribution in [-0.2, 0) is 7.05 Å². The number of methoxy groups -OCH3 is 1. The summed E-state index contributed by atoms with van der Waals surface area (Å²) in [5.41, 5.74) is 6.58. The van der Waals surface area contributed by atoms with Gasteiger partial charge in [-0.15, -0.1) is 0 Å². The third-order valence-corrected chi connectivity index (χ3v) is 5.54. The van der Waals surface area contributed by atoms with Crippen LogP contribution < -0.4 is 4.74 Å². The van der Waals surface area contributed by atoms with Gasteiger partial charge in [0, 0.05) is 47.4 Å². The average Bonchev–Trinajstić information content (AvgIpc) is 3.46. The first-order chi connectivity index (χ1) is 14.6. The molecule has 0 aliphatic rings. The predicted octanol–water partition coefficient (Wildman–Crippen LogP) is 4.56. The minimum atomic E-state index is 0.647. The van der Waals surface area contributed by atoms with Crippen LogP contribution in [0.1, 0.15) is 5.69 Å². The maximum Gasteiger partial charge on any atom is 0.145 e. The van der Waals surface area contributed by atoms with Crippen molar-refractivity contribution in [2.24, 2.45) is 7.05 Å². The van der Waals surface area contributed by atoms with E-state index in [0.29, 0.717) is 5.02 Å². The number of halogens is 1. The molecule has 0 amide bonds. The summed E-state index contributed by atoms with van der Waals surface area (Å²) in [5.74, 6) is 0.730. The standard InChI is InChI=1S/C22H19ClN6O/c1-14-17(10-26-29(14)20-7-5-4-6-19(20)23)18-11-25-28-13-15(8-21(30-3)22(18)28)16-9-24-27(2)12-16/h4-13H,1-3H3. The molecule has 0 saturated heterocycles. The fraction of sp³-hybridized carbons (Fsp3) is 0.136. The summed E-state index contributed by atoms with van der Waals surface area (Å²) in [6.07, 6.45) is 9.44. The number of aromatic nitrogens is 6. The van der Waals surface area contributed by atoms with E-state index in [1.54, 1.807) is 11.8 Å². The zero-order chi connectivity index (χ0) is 20.8. The third-order valence-electron chi connectivity index (χ3n) is 5.22. The van der Waals surface area contributed by atoms with Gasteiger partial charge in [-0.05, 0) is 25.1 Å². The second-order valence-electron chi connectivity index (χ2n) is 7.06. The number of aryl methyl sites for hydroxylation is 1. The quantitative estimate of drug-likeness (QED) is 0.429. The Kier molecular flexibility index (Phi) is 4.33. The first-order valence-electron chi connectivity index (χ1n) is 9.41. The van der Waals surface area contributed by atoms with E-state index >= 15 is 0 Å². The first kappa shape index (κ1) is 18.4. The highest BCUT2D eigenvalue weighted by molar-refractivity contribution is 6.32. The highest BCUT2D eigenvalue weighted by Gasteiger charge is 2.19. The van der Waals surface area contributed by atoms with Crippen LogP contribution in [-0.4, -0.2) is 36.3 Å². The van der Waals surface area contributed by atoms with E-state index in [1.807, 2.05) is 84.5 Å². The van der Waals surface area contributed by atoms with E-state index in [2.05, 4.69) is 15.3 Å². The largest absolute Gasteiger partial charge is 0.494 e. The number of ether oxygens (including phenoxy) is 1. The van der Waals surface area contributed by atoms with Crippen molar-refractivity contribution in [1.29, 1.82) is 0 Å². The van der Waals surface area contributed by atoms with Crippen molar-refractivity contribution in [3.63, 3.8) is 0 Å². The molecule has 4 heterocycles. The van der Waals surface area contributed by atoms with Crippen LogP contribution in [0.25, 0.3) is 33.5 Å². The molecule has 0 radical (unpaired) electrons. The molecule has 0 aliphatic carbocycles. The lowest BCUT2D eigenvalue weighted by molar-refractivity contribution is 0.418. The predicted molar refractivity (Wildman–Crippen MR) is 116 cm³/mol. The van der Waals surface area contributed by atoms with Crippen LogP contribution in [0.5, 0.6) is 5.75 Å². The Bertz CT molecular complexity index is 1380. The Balaban J connectivity index is 1.67. The molecule has 30 heavy (non-hydrogen) atoms. The molecule has 150 valence electrons. The van der Waals surface area contributed by atoms with E-state index < -0.39 is 0 Å². The maximum atomic E-state index is 6.38. The summed E-state index contributed by atoms with van der Waals surface area (Å²) in [6, 6.07) is 9.66. The molecule has 0 saturated carbocycles. The summed E-state index contributed by atoms with van der Waals surface area (Å²) in [4.78, 5) is 0. The van der Waals surface area contributed by atoms with Gasteiger partial charge in [-0.1, -0.05) is 23.7 Å². The van der Waals surface area contributed by atoms with Crippen molar-refractivity contribution in [2.75, 3.05) is 7.11 Å². The molecule has 8 heteroatoms. The van der Waals surface area contributed by atoms with Gasteiger partial charge in [0.15, 0.2) is 0 Å². The van der Waals surface area contributed by atoms with Crippen molar-refractivity contribution >= 4 is 17.1 Å². The van der Waals surface area contributed by atoms with E-state index in [-0.39, 0.29) is 0 Å². The number of hydrogen-bond donors (Lipinski definition) is 0. The van der Waals surface area contributed by atoms with Crippen LogP contribution in [0.4, 0.5) is 0 Å². The molecule has 1 aromatic carbocycles. The van der Waals surface area contributed by atoms with Gasteiger partial charge in [-0.2, -0.15) is 15.3 Å². The van der Waals surface area contributed by atoms with Crippen LogP contribution >= 0.6 is 11.6 Å². The second kappa shape index (κ2) is 7.03. The maximum absolute atomic E-state index is 6.38. The molecule has 5 aromatic rings. The van der Waals surface area contributed by atoms with E-state index in [1.165, 1.54) is 0 Å². The van der Waals surface area contributed by atoms with Crippen molar-refractivity contribution in [3.8, 4) is 33.7 Å². The lowest BCUT2D eigenvalue weighted by atomic mass is 10.1. The number of para-hydroxylation sites is 1. The van der Waals surface area contributed by atoms with Gasteiger partial charge >= 0.3 is 0 Å². The molecule has 0 atom stereocenters. The van der Waals surface area contributed by atoms with Crippen LogP contribution in [0.15, 0.2) is 61.3 Å². The zero-order valence-corrected chi connectivity index (χ0v) is 17.5. The van der Waals surface area contributed by atoms with Crippen molar-refractivity contribution in [2.45, 2.75) is 6.92 Å². The number of pyridine rings is 1. The molecule has 0 spiro atoms. The van der Waals surface area contributed by atoms with E-state index in [9.17, 15) is 0 Å². The van der Waals surface area contributed by atoms with Crippen LogP contribution in [0.3, 0.4) is 0 Å². The molecular weight excluding hydrogens is 400 g/mol. The second-order valence-corrected chi connectivity index (χ2v) is 7.47. The van der Waals surface area contributed by atoms with Crippen molar-refractivity contribution in [1.82, 2.24) is 29.2 Å². The van der Waals surface area contributed by atoms with Gasteiger partial charge < -0.3 is 4.74 Å². The van der Waals surface area contributed by atoms with Gasteiger partial charge in [0.1, 0.15) is 11.3 Å². The minimum Gasteiger partial charge on any atom is -0.494 e. The molecule has 7 nitrogen and oxygen atoms in total. The molecule has 0 unspecified atom stereocenters. The van der Waals surface area contributed by atoms with Gasteiger partial charge in [0.25, 0.3) is 0 Å². The minimum absolute atomic E-state index is 0.647. The van der Waals surface area contributed by atoms with E-state index in [4.69, 9.17) is 16.3 Å². The number of rotatable bonds is 4. The van der Waals surface area contributed by atoms with Gasteiger partial charge in [-0.25, -0.2) is 9.20 Å². The summed E-state index contributed by atoms with van der Waals surface area (Å²) in [7, 11) is 3.56. The van der Waals surface area contributed by atoms with Crippen molar-refractivity contribution < 1.29 is 4.74 Å². The Morgan fingerprint density at radius 3 is 2.47 bits per heavy atom. The van der Waals surface area contributed by atoms with Crippen molar-refractivity contribution in [3.05, 3.63) is 72.0 Å². The fourth-order valence-electron chi connectivity index (χ4n) is 3.71. The lowest BCUT2D eigenvalue weighted by Gasteiger charge is -2.09. The van der Waals surface area contributed by atoms with Crippen LogP contribution in [0, 0.1) is 6.92 Å². The molecule has 5 rings (SSSR count). The van der Waals surface area contributed by atoms with Gasteiger partial charge in [-0.3, -0.25) is 4.68 Å². The average molecular weight is 419 g/mol. The Hall–Kier alpha value is -3.58. The number of nitrogens with zero attached hydrogens (tertiary/aromatic N) is 6. The van der Waals surface area contributed by atoms with Gasteiger partial charge in [0.05, 0.1) is 36.4 Å². The van der Waals surface area contributed by atoms with Gasteiger partial charge in [0.2, 0.25) is 0 Å². The van der Waals surface area contributed by atoms with E-state index in [0.717, 1.165) is 44.9 Å². The highest BCUT2D eigenvalue weighted by atomic mass is 35.5. The number of fused-ring (bicyclic) bond motifs is 1. The summed E-state index contributed by atoms with van der Waals surface area (Å²) >= 11 is 6.38. The van der Waals surface area contributed by atoms with Crippen LogP contribution in [0.2, 0.25) is 5.02 Å². The molecule has 4 aromatic heterocycles. The first-order valence-corrected chi connectivity index (χ1v) is 9.79. The Morgan fingerprint density at radius 1 is 0.933 bits per heavy atom. The normalized spacial score (nSPS) is 11.3. The monoisotopic (exact) mass is 418 g/mol. The molecule has 0 aliphatic heterocycles. The highest BCUT2D eigenvalue weighted by Crippen LogP contribution is 2.36. The Morgan fingerprint density at radius 2 is 1.73 bits per heavy atom.